The first kappa shape index (κ1) is 16.2. The second kappa shape index (κ2) is 7.22. The molecule has 1 amide bonds. The van der Waals surface area contributed by atoms with E-state index in [0.717, 1.165) is 18.4 Å². The van der Waals surface area contributed by atoms with Crippen LogP contribution in [0, 0.1) is 0 Å². The minimum atomic E-state index is -0.326. The number of hydrogen-bond acceptors (Lipinski definition) is 6. The van der Waals surface area contributed by atoms with Gasteiger partial charge in [-0.15, -0.1) is 0 Å². The summed E-state index contributed by atoms with van der Waals surface area (Å²) in [6.45, 7) is 4.47. The van der Waals surface area contributed by atoms with Gasteiger partial charge in [0, 0.05) is 19.4 Å². The van der Waals surface area contributed by atoms with E-state index in [1.165, 1.54) is 0 Å². The molecule has 0 atom stereocenters. The van der Waals surface area contributed by atoms with E-state index in [4.69, 9.17) is 14.7 Å². The molecule has 2 aromatic heterocycles. The topological polar surface area (TPSA) is 107 Å². The van der Waals surface area contributed by atoms with E-state index in [-0.39, 0.29) is 17.9 Å². The Kier molecular flexibility index (Phi) is 5.32. The Hall–Kier alpha value is -2.15. The maximum Gasteiger partial charge on any atom is 0.227 e. The number of rotatable bonds is 8. The molecule has 0 aliphatic rings. The van der Waals surface area contributed by atoms with Crippen molar-refractivity contribution < 1.29 is 13.7 Å². The number of aryl methyl sites for hydroxylation is 1. The highest BCUT2D eigenvalue weighted by Crippen LogP contribution is 2.17. The summed E-state index contributed by atoms with van der Waals surface area (Å²) in [5.74, 6) is 0.831. The Bertz CT molecular complexity index is 579. The Morgan fingerprint density at radius 3 is 2.77 bits per heavy atom. The largest absolute Gasteiger partial charge is 0.472 e. The van der Waals surface area contributed by atoms with Crippen LogP contribution in [0.5, 0.6) is 0 Å². The van der Waals surface area contributed by atoms with Gasteiger partial charge in [0.1, 0.15) is 6.26 Å². The summed E-state index contributed by atoms with van der Waals surface area (Å²) in [4.78, 5) is 16.3. The number of furan rings is 1. The van der Waals surface area contributed by atoms with Crippen molar-refractivity contribution in [2.24, 2.45) is 5.73 Å². The van der Waals surface area contributed by atoms with Gasteiger partial charge in [0.05, 0.1) is 17.4 Å². The summed E-state index contributed by atoms with van der Waals surface area (Å²) in [7, 11) is 0. The van der Waals surface area contributed by atoms with E-state index in [1.807, 2.05) is 13.8 Å². The van der Waals surface area contributed by atoms with Gasteiger partial charge in [-0.25, -0.2) is 0 Å². The summed E-state index contributed by atoms with van der Waals surface area (Å²) in [5.41, 5.74) is 6.20. The molecule has 0 unspecified atom stereocenters. The standard InChI is InChI=1S/C15H22N4O3/c1-3-15(4-2,10-16)18-12(20)5-6-13-17-14(19-22-13)11-7-8-21-9-11/h7-9H,3-6,10,16H2,1-2H3,(H,18,20). The summed E-state index contributed by atoms with van der Waals surface area (Å²) in [6.07, 6.45) is 5.37. The molecule has 0 fully saturated rings. The van der Waals surface area contributed by atoms with Gasteiger partial charge >= 0.3 is 0 Å². The Morgan fingerprint density at radius 2 is 2.18 bits per heavy atom. The first-order valence-corrected chi connectivity index (χ1v) is 7.48. The van der Waals surface area contributed by atoms with Crippen molar-refractivity contribution in [1.29, 1.82) is 0 Å². The second-order valence-corrected chi connectivity index (χ2v) is 5.26. The van der Waals surface area contributed by atoms with E-state index in [9.17, 15) is 4.79 Å². The molecule has 2 aromatic rings. The van der Waals surface area contributed by atoms with Crippen LogP contribution in [0.15, 0.2) is 27.5 Å². The minimum absolute atomic E-state index is 0.0581. The van der Waals surface area contributed by atoms with Crippen LogP contribution in [0.25, 0.3) is 11.4 Å². The van der Waals surface area contributed by atoms with Crippen LogP contribution in [-0.4, -0.2) is 28.1 Å². The molecule has 0 aliphatic heterocycles. The molecule has 7 heteroatoms. The van der Waals surface area contributed by atoms with Crippen LogP contribution in [0.3, 0.4) is 0 Å². The van der Waals surface area contributed by atoms with Crippen molar-refractivity contribution in [2.45, 2.75) is 45.1 Å². The van der Waals surface area contributed by atoms with Crippen molar-refractivity contribution in [2.75, 3.05) is 6.54 Å². The lowest BCUT2D eigenvalue weighted by molar-refractivity contribution is -0.123. The second-order valence-electron chi connectivity index (χ2n) is 5.26. The molecule has 0 saturated heterocycles. The zero-order valence-corrected chi connectivity index (χ0v) is 13.0. The summed E-state index contributed by atoms with van der Waals surface area (Å²) < 4.78 is 10.1. The number of carbonyl (C=O) groups is 1. The zero-order chi connectivity index (χ0) is 16.0. The van der Waals surface area contributed by atoms with Crippen LogP contribution < -0.4 is 11.1 Å². The van der Waals surface area contributed by atoms with E-state index in [1.54, 1.807) is 18.6 Å². The molecule has 0 bridgehead atoms. The maximum absolute atomic E-state index is 12.1. The van der Waals surface area contributed by atoms with Gasteiger partial charge in [0.15, 0.2) is 0 Å². The van der Waals surface area contributed by atoms with E-state index < -0.39 is 0 Å². The van der Waals surface area contributed by atoms with Crippen molar-refractivity contribution in [3.63, 3.8) is 0 Å². The lowest BCUT2D eigenvalue weighted by atomic mass is 9.92. The van der Waals surface area contributed by atoms with Crippen molar-refractivity contribution >= 4 is 5.91 Å². The molecule has 0 spiro atoms. The third-order valence-corrected chi connectivity index (χ3v) is 3.96. The molecule has 0 radical (unpaired) electrons. The van der Waals surface area contributed by atoms with Crippen LogP contribution >= 0.6 is 0 Å². The number of nitrogens with two attached hydrogens (primary N) is 1. The van der Waals surface area contributed by atoms with Gasteiger partial charge in [-0.05, 0) is 18.9 Å². The molecule has 3 N–H and O–H groups in total. The fourth-order valence-corrected chi connectivity index (χ4v) is 2.21. The summed E-state index contributed by atoms with van der Waals surface area (Å²) in [6, 6.07) is 1.75. The molecule has 22 heavy (non-hydrogen) atoms. The third kappa shape index (κ3) is 3.73. The van der Waals surface area contributed by atoms with Crippen molar-refractivity contribution in [3.05, 3.63) is 24.5 Å². The fraction of sp³-hybridized carbons (Fsp3) is 0.533. The highest BCUT2D eigenvalue weighted by Gasteiger charge is 2.26. The van der Waals surface area contributed by atoms with Crippen LogP contribution in [0.4, 0.5) is 0 Å². The normalized spacial score (nSPS) is 11.6. The predicted octanol–water partition coefficient (Wildman–Crippen LogP) is 1.90. The van der Waals surface area contributed by atoms with Crippen LogP contribution in [-0.2, 0) is 11.2 Å². The smallest absolute Gasteiger partial charge is 0.227 e. The zero-order valence-electron chi connectivity index (χ0n) is 13.0. The average molecular weight is 306 g/mol. The van der Waals surface area contributed by atoms with Gasteiger partial charge < -0.3 is 20.0 Å². The molecule has 2 rings (SSSR count). The first-order valence-electron chi connectivity index (χ1n) is 7.48. The number of hydrogen-bond donors (Lipinski definition) is 2. The van der Waals surface area contributed by atoms with Crippen LogP contribution in [0.1, 0.15) is 39.0 Å². The fourth-order valence-electron chi connectivity index (χ4n) is 2.21. The van der Waals surface area contributed by atoms with Gasteiger partial charge in [-0.3, -0.25) is 4.79 Å². The van der Waals surface area contributed by atoms with Crippen LogP contribution in [0.2, 0.25) is 0 Å². The summed E-state index contributed by atoms with van der Waals surface area (Å²) in [5, 5.41) is 6.88. The quantitative estimate of drug-likeness (QED) is 0.771. The van der Waals surface area contributed by atoms with Gasteiger partial charge in [-0.1, -0.05) is 19.0 Å². The molecule has 0 aromatic carbocycles. The number of aromatic nitrogens is 2. The number of nitrogens with zero attached hydrogens (tertiary/aromatic N) is 2. The highest BCUT2D eigenvalue weighted by molar-refractivity contribution is 5.77. The number of nitrogens with one attached hydrogen (secondary N) is 1. The summed E-state index contributed by atoms with van der Waals surface area (Å²) >= 11 is 0. The monoisotopic (exact) mass is 306 g/mol. The van der Waals surface area contributed by atoms with Gasteiger partial charge in [0.25, 0.3) is 0 Å². The first-order chi connectivity index (χ1) is 10.6. The molecule has 7 nitrogen and oxygen atoms in total. The molecule has 120 valence electrons. The Labute approximate surface area is 129 Å². The number of carbonyl (C=O) groups excluding carboxylic acids is 1. The molecular weight excluding hydrogens is 284 g/mol. The minimum Gasteiger partial charge on any atom is -0.472 e. The maximum atomic E-state index is 12.1. The lowest BCUT2D eigenvalue weighted by Gasteiger charge is -2.31. The molecule has 0 saturated carbocycles. The van der Waals surface area contributed by atoms with E-state index in [2.05, 4.69) is 15.5 Å². The lowest BCUT2D eigenvalue weighted by Crippen LogP contribution is -2.52. The van der Waals surface area contributed by atoms with Crippen molar-refractivity contribution in [1.82, 2.24) is 15.5 Å². The molecule has 0 aliphatic carbocycles. The average Bonchev–Trinajstić information content (AvgIpc) is 3.21. The van der Waals surface area contributed by atoms with Crippen molar-refractivity contribution in [3.8, 4) is 11.4 Å². The highest BCUT2D eigenvalue weighted by atomic mass is 16.5. The van der Waals surface area contributed by atoms with E-state index >= 15 is 0 Å². The van der Waals surface area contributed by atoms with Gasteiger partial charge in [0.2, 0.25) is 17.6 Å². The molecule has 2 heterocycles. The van der Waals surface area contributed by atoms with E-state index in [0.29, 0.717) is 24.7 Å². The molecular formula is C15H22N4O3. The number of amides is 1. The van der Waals surface area contributed by atoms with Gasteiger partial charge in [-0.2, -0.15) is 4.98 Å². The Balaban J connectivity index is 1.89. The third-order valence-electron chi connectivity index (χ3n) is 3.96. The Morgan fingerprint density at radius 1 is 1.41 bits per heavy atom. The predicted molar refractivity (Wildman–Crippen MR) is 80.8 cm³/mol. The SMILES string of the molecule is CCC(CC)(CN)NC(=O)CCc1nc(-c2ccoc2)no1.